The Morgan fingerprint density at radius 1 is 1.27 bits per heavy atom. The lowest BCUT2D eigenvalue weighted by molar-refractivity contribution is -0.158. The summed E-state index contributed by atoms with van der Waals surface area (Å²) in [6, 6.07) is 5.07. The zero-order valence-corrected chi connectivity index (χ0v) is 16.2. The first-order chi connectivity index (χ1) is 14.2. The van der Waals surface area contributed by atoms with E-state index in [-0.39, 0.29) is 17.2 Å². The van der Waals surface area contributed by atoms with Gasteiger partial charge in [-0.25, -0.2) is 4.98 Å². The van der Waals surface area contributed by atoms with E-state index >= 15 is 0 Å². The van der Waals surface area contributed by atoms with Gasteiger partial charge < -0.3 is 33.2 Å². The number of fused-ring (bicyclic) bond motifs is 1. The van der Waals surface area contributed by atoms with E-state index in [4.69, 9.17) is 22.6 Å². The van der Waals surface area contributed by atoms with Gasteiger partial charge in [-0.3, -0.25) is 0 Å². The van der Waals surface area contributed by atoms with Gasteiger partial charge in [-0.2, -0.15) is 13.2 Å². The lowest BCUT2D eigenvalue weighted by Crippen LogP contribution is -2.39. The third-order valence-electron chi connectivity index (χ3n) is 4.96. The van der Waals surface area contributed by atoms with Crippen molar-refractivity contribution in [1.82, 2.24) is 15.6 Å². The van der Waals surface area contributed by atoms with Gasteiger partial charge in [-0.1, -0.05) is 18.2 Å². The summed E-state index contributed by atoms with van der Waals surface area (Å²) in [5, 5.41) is 13.2. The molecule has 9 N–H and O–H groups in total. The van der Waals surface area contributed by atoms with Gasteiger partial charge >= 0.3 is 6.18 Å². The van der Waals surface area contributed by atoms with Crippen LogP contribution in [0.3, 0.4) is 0 Å². The van der Waals surface area contributed by atoms with Crippen molar-refractivity contribution in [1.29, 1.82) is 5.41 Å². The van der Waals surface area contributed by atoms with Crippen molar-refractivity contribution in [2.45, 2.75) is 31.6 Å². The number of halogens is 3. The largest absolute Gasteiger partial charge is 0.407 e. The Kier molecular flexibility index (Phi) is 6.16. The molecule has 30 heavy (non-hydrogen) atoms. The van der Waals surface area contributed by atoms with Crippen LogP contribution in [-0.4, -0.2) is 23.9 Å². The predicted octanol–water partition coefficient (Wildman–Crippen LogP) is 2.44. The number of nitrogens with zero attached hydrogens (tertiary/aromatic N) is 1. The maximum atomic E-state index is 13.3. The van der Waals surface area contributed by atoms with Crippen LogP contribution in [0.2, 0.25) is 0 Å². The Bertz CT molecular complexity index is 970. The van der Waals surface area contributed by atoms with Gasteiger partial charge in [0.2, 0.25) is 0 Å². The first-order valence-corrected chi connectivity index (χ1v) is 9.34. The average Bonchev–Trinajstić information content (AvgIpc) is 2.69. The molecule has 1 aromatic heterocycles. The van der Waals surface area contributed by atoms with Crippen molar-refractivity contribution in [3.05, 3.63) is 58.3 Å². The van der Waals surface area contributed by atoms with Crippen molar-refractivity contribution in [2.24, 2.45) is 0 Å². The Balaban J connectivity index is 1.72. The number of aromatic nitrogens is 1. The highest BCUT2D eigenvalue weighted by atomic mass is 19.4. The highest BCUT2D eigenvalue weighted by Crippen LogP contribution is 2.36. The zero-order chi connectivity index (χ0) is 21.9. The Hall–Kier alpha value is -3.27. The number of benzene rings is 1. The van der Waals surface area contributed by atoms with Crippen LogP contribution in [-0.2, 0) is 19.4 Å². The molecule has 1 aliphatic heterocycles. The summed E-state index contributed by atoms with van der Waals surface area (Å²) in [5.74, 6) is 0.361. The maximum Gasteiger partial charge on any atom is 0.407 e. The van der Waals surface area contributed by atoms with E-state index in [2.05, 4.69) is 15.6 Å². The quantitative estimate of drug-likeness (QED) is 0.398. The average molecular weight is 419 g/mol. The molecule has 0 aliphatic carbocycles. The SMILES string of the molecule is N=C/C(=C\NCc1ccc2c(c1)C(C(F)(F)F)NCC2)Cc1cc(N)nc(N)c1N. The Morgan fingerprint density at radius 2 is 2.03 bits per heavy atom. The van der Waals surface area contributed by atoms with Crippen LogP contribution in [0.1, 0.15) is 28.3 Å². The molecule has 2 aromatic rings. The Morgan fingerprint density at radius 3 is 2.73 bits per heavy atom. The molecule has 0 saturated heterocycles. The fraction of sp³-hybridized carbons (Fsp3) is 0.300. The minimum atomic E-state index is -4.34. The molecular formula is C20H24F3N7. The molecule has 0 bridgehead atoms. The number of hydrogen-bond donors (Lipinski definition) is 6. The highest BCUT2D eigenvalue weighted by molar-refractivity contribution is 5.78. The second-order valence-electron chi connectivity index (χ2n) is 7.14. The lowest BCUT2D eigenvalue weighted by Gasteiger charge is -2.29. The minimum Gasteiger partial charge on any atom is -0.396 e. The fourth-order valence-electron chi connectivity index (χ4n) is 3.47. The van der Waals surface area contributed by atoms with Gasteiger partial charge in [0.05, 0.1) is 5.69 Å². The smallest absolute Gasteiger partial charge is 0.396 e. The van der Waals surface area contributed by atoms with Gasteiger partial charge in [0, 0.05) is 31.9 Å². The van der Waals surface area contributed by atoms with E-state index in [0.717, 1.165) is 6.21 Å². The second kappa shape index (κ2) is 8.62. The van der Waals surface area contributed by atoms with Crippen molar-refractivity contribution >= 4 is 23.5 Å². The molecule has 10 heteroatoms. The second-order valence-corrected chi connectivity index (χ2v) is 7.14. The molecule has 160 valence electrons. The van der Waals surface area contributed by atoms with E-state index in [1.807, 2.05) is 6.07 Å². The van der Waals surface area contributed by atoms with Crippen LogP contribution < -0.4 is 27.8 Å². The first kappa shape index (κ1) is 21.4. The summed E-state index contributed by atoms with van der Waals surface area (Å²) < 4.78 is 39.9. The highest BCUT2D eigenvalue weighted by Gasteiger charge is 2.42. The third-order valence-corrected chi connectivity index (χ3v) is 4.96. The van der Waals surface area contributed by atoms with Crippen molar-refractivity contribution in [3.63, 3.8) is 0 Å². The zero-order valence-electron chi connectivity index (χ0n) is 16.2. The van der Waals surface area contributed by atoms with Crippen LogP contribution >= 0.6 is 0 Å². The first-order valence-electron chi connectivity index (χ1n) is 9.34. The van der Waals surface area contributed by atoms with Crippen molar-refractivity contribution < 1.29 is 13.2 Å². The topological polar surface area (TPSA) is 139 Å². The molecule has 2 heterocycles. The lowest BCUT2D eigenvalue weighted by atomic mass is 9.92. The van der Waals surface area contributed by atoms with Crippen molar-refractivity contribution in [3.8, 4) is 0 Å². The molecule has 0 radical (unpaired) electrons. The van der Waals surface area contributed by atoms with Gasteiger partial charge in [-0.15, -0.1) is 0 Å². The number of rotatable bonds is 6. The number of nitrogens with one attached hydrogen (secondary N) is 3. The molecule has 1 unspecified atom stereocenters. The van der Waals surface area contributed by atoms with Gasteiger partial charge in [0.1, 0.15) is 17.7 Å². The molecule has 1 atom stereocenters. The number of nitrogens with two attached hydrogens (primary N) is 3. The molecule has 7 nitrogen and oxygen atoms in total. The predicted molar refractivity (Wildman–Crippen MR) is 112 cm³/mol. The molecule has 3 rings (SSSR count). The molecule has 0 saturated carbocycles. The van der Waals surface area contributed by atoms with E-state index < -0.39 is 12.2 Å². The molecule has 1 aliphatic rings. The third kappa shape index (κ3) is 4.82. The number of nitrogen functional groups attached to an aromatic ring is 3. The number of allylic oxidation sites excluding steroid dienone is 1. The van der Waals surface area contributed by atoms with E-state index in [1.165, 1.54) is 0 Å². The van der Waals surface area contributed by atoms with Crippen LogP contribution in [0.5, 0.6) is 0 Å². The molecular weight excluding hydrogens is 395 g/mol. The van der Waals surface area contributed by atoms with Crippen LogP contribution in [0.4, 0.5) is 30.5 Å². The number of hydrogen-bond acceptors (Lipinski definition) is 7. The number of anilines is 3. The van der Waals surface area contributed by atoms with Gasteiger partial charge in [0.15, 0.2) is 0 Å². The van der Waals surface area contributed by atoms with Crippen LogP contribution in [0.25, 0.3) is 0 Å². The fourth-order valence-corrected chi connectivity index (χ4v) is 3.47. The van der Waals surface area contributed by atoms with Gasteiger partial charge in [0.25, 0.3) is 0 Å². The normalized spacial score (nSPS) is 16.8. The maximum absolute atomic E-state index is 13.3. The molecule has 1 aromatic carbocycles. The minimum absolute atomic E-state index is 0.129. The van der Waals surface area contributed by atoms with E-state index in [0.29, 0.717) is 53.9 Å². The summed E-state index contributed by atoms with van der Waals surface area (Å²) in [6.45, 7) is 0.610. The van der Waals surface area contributed by atoms with Crippen LogP contribution in [0.15, 0.2) is 36.0 Å². The van der Waals surface area contributed by atoms with Crippen molar-refractivity contribution in [2.75, 3.05) is 23.7 Å². The summed E-state index contributed by atoms with van der Waals surface area (Å²) in [4.78, 5) is 3.88. The number of pyridine rings is 1. The summed E-state index contributed by atoms with van der Waals surface area (Å²) >= 11 is 0. The van der Waals surface area contributed by atoms with Crippen LogP contribution in [0, 0.1) is 5.41 Å². The monoisotopic (exact) mass is 419 g/mol. The summed E-state index contributed by atoms with van der Waals surface area (Å²) in [7, 11) is 0. The molecule has 0 spiro atoms. The van der Waals surface area contributed by atoms with Gasteiger partial charge in [-0.05, 0) is 40.3 Å². The summed E-state index contributed by atoms with van der Waals surface area (Å²) in [6.07, 6.45) is -0.687. The molecule has 0 fully saturated rings. The number of alkyl halides is 3. The van der Waals surface area contributed by atoms with E-state index in [1.54, 1.807) is 24.4 Å². The summed E-state index contributed by atoms with van der Waals surface area (Å²) in [5.41, 5.74) is 20.6. The standard InChI is InChI=1S/C20H24F3N7/c21-20(22,23)18-15-6-11(1-2-13(15)3-4-29-18)9-28-10-12(8-24)5-14-7-16(25)30-19(27)17(14)26/h1-2,6-8,10,18,24,28-29H,3-5,9,26H2,(H4,25,27,30)/b12-10-,24-8?. The van der Waals surface area contributed by atoms with E-state index in [9.17, 15) is 13.2 Å². The Labute approximate surface area is 172 Å². The molecule has 0 amide bonds.